The Morgan fingerprint density at radius 3 is 2.31 bits per heavy atom. The number of piperazine rings is 1. The lowest BCUT2D eigenvalue weighted by molar-refractivity contribution is -0.136. The zero-order valence-corrected chi connectivity index (χ0v) is 18.0. The monoisotopic (exact) mass is 419 g/mol. The first-order chi connectivity index (χ1) is 13.8. The van der Waals surface area contributed by atoms with Crippen LogP contribution in [0.1, 0.15) is 45.1 Å². The number of benzene rings is 1. The Hall–Kier alpha value is -1.93. The van der Waals surface area contributed by atoms with Crippen molar-refractivity contribution in [1.29, 1.82) is 0 Å². The standard InChI is InChI=1S/C21H29N3O4S/c1-15-13-18-14-19(7-8-20(18)24(15)16(2)25)29(27,28)23-11-9-22(10-12-23)21(26)17-5-3-4-6-17/h7-8,14-15,17H,3-6,9-13H2,1-2H3. The maximum atomic E-state index is 13.2. The molecule has 1 aliphatic carbocycles. The van der Waals surface area contributed by atoms with E-state index in [1.54, 1.807) is 23.1 Å². The normalized spacial score (nSPS) is 23.4. The van der Waals surface area contributed by atoms with Crippen LogP contribution in [-0.2, 0) is 26.0 Å². The molecule has 158 valence electrons. The first kappa shape index (κ1) is 20.3. The van der Waals surface area contributed by atoms with Gasteiger partial charge in [0, 0.05) is 50.7 Å². The number of hydrogen-bond donors (Lipinski definition) is 0. The molecule has 2 fully saturated rings. The molecule has 1 atom stereocenters. The summed E-state index contributed by atoms with van der Waals surface area (Å²) in [6.45, 7) is 5.06. The van der Waals surface area contributed by atoms with Crippen molar-refractivity contribution >= 4 is 27.5 Å². The van der Waals surface area contributed by atoms with Gasteiger partial charge in [0.05, 0.1) is 4.90 Å². The van der Waals surface area contributed by atoms with Gasteiger partial charge in [-0.15, -0.1) is 0 Å². The summed E-state index contributed by atoms with van der Waals surface area (Å²) in [5.41, 5.74) is 1.69. The van der Waals surface area contributed by atoms with Gasteiger partial charge in [-0.05, 0) is 49.9 Å². The average Bonchev–Trinajstić information content (AvgIpc) is 3.33. The van der Waals surface area contributed by atoms with Gasteiger partial charge in [-0.2, -0.15) is 4.31 Å². The van der Waals surface area contributed by atoms with Gasteiger partial charge in [-0.1, -0.05) is 12.8 Å². The van der Waals surface area contributed by atoms with Crippen LogP contribution in [0, 0.1) is 5.92 Å². The van der Waals surface area contributed by atoms with E-state index in [4.69, 9.17) is 0 Å². The molecule has 29 heavy (non-hydrogen) atoms. The van der Waals surface area contributed by atoms with Crippen molar-refractivity contribution in [2.24, 2.45) is 5.92 Å². The van der Waals surface area contributed by atoms with E-state index in [-0.39, 0.29) is 28.7 Å². The molecule has 0 spiro atoms. The smallest absolute Gasteiger partial charge is 0.243 e. The predicted molar refractivity (Wildman–Crippen MR) is 110 cm³/mol. The number of anilines is 1. The largest absolute Gasteiger partial charge is 0.340 e. The molecule has 4 rings (SSSR count). The summed E-state index contributed by atoms with van der Waals surface area (Å²) >= 11 is 0. The number of amides is 2. The van der Waals surface area contributed by atoms with Crippen LogP contribution >= 0.6 is 0 Å². The summed E-state index contributed by atoms with van der Waals surface area (Å²) in [4.78, 5) is 28.3. The Morgan fingerprint density at radius 2 is 1.69 bits per heavy atom. The van der Waals surface area contributed by atoms with E-state index in [1.807, 2.05) is 11.8 Å². The summed E-state index contributed by atoms with van der Waals surface area (Å²) in [5.74, 6) is 0.284. The molecular formula is C21H29N3O4S. The van der Waals surface area contributed by atoms with E-state index in [9.17, 15) is 18.0 Å². The van der Waals surface area contributed by atoms with Gasteiger partial charge >= 0.3 is 0 Å². The van der Waals surface area contributed by atoms with Crippen LogP contribution < -0.4 is 4.90 Å². The minimum atomic E-state index is -3.62. The molecule has 1 unspecified atom stereocenters. The summed E-state index contributed by atoms with van der Waals surface area (Å²) < 4.78 is 27.8. The molecule has 0 radical (unpaired) electrons. The van der Waals surface area contributed by atoms with Crippen molar-refractivity contribution in [3.8, 4) is 0 Å². The highest BCUT2D eigenvalue weighted by molar-refractivity contribution is 7.89. The molecule has 1 saturated carbocycles. The van der Waals surface area contributed by atoms with Crippen LogP contribution in [0.15, 0.2) is 23.1 Å². The SMILES string of the molecule is CC(=O)N1c2ccc(S(=O)(=O)N3CCN(C(=O)C4CCCC4)CC3)cc2CC1C. The molecule has 3 aliphatic rings. The lowest BCUT2D eigenvalue weighted by Crippen LogP contribution is -2.51. The first-order valence-electron chi connectivity index (χ1n) is 10.5. The summed E-state index contributed by atoms with van der Waals surface area (Å²) in [5, 5.41) is 0. The second kappa shape index (κ2) is 7.72. The van der Waals surface area contributed by atoms with Crippen LogP contribution in [0.25, 0.3) is 0 Å². The lowest BCUT2D eigenvalue weighted by atomic mass is 10.1. The molecule has 8 heteroatoms. The van der Waals surface area contributed by atoms with Gasteiger partial charge in [-0.3, -0.25) is 9.59 Å². The third-order valence-corrected chi connectivity index (χ3v) is 8.39. The third-order valence-electron chi connectivity index (χ3n) is 6.50. The van der Waals surface area contributed by atoms with E-state index in [0.717, 1.165) is 36.9 Å². The van der Waals surface area contributed by atoms with Crippen molar-refractivity contribution in [1.82, 2.24) is 9.21 Å². The van der Waals surface area contributed by atoms with Gasteiger partial charge in [0.1, 0.15) is 0 Å². The number of fused-ring (bicyclic) bond motifs is 1. The Balaban J connectivity index is 1.47. The Kier molecular flexibility index (Phi) is 5.42. The number of nitrogens with zero attached hydrogens (tertiary/aromatic N) is 3. The molecular weight excluding hydrogens is 390 g/mol. The highest BCUT2D eigenvalue weighted by Gasteiger charge is 2.35. The fraction of sp³-hybridized carbons (Fsp3) is 0.619. The van der Waals surface area contributed by atoms with Crippen molar-refractivity contribution in [3.63, 3.8) is 0 Å². The second-order valence-corrected chi connectivity index (χ2v) is 10.4. The number of carbonyl (C=O) groups is 2. The minimum absolute atomic E-state index is 0.0325. The van der Waals surface area contributed by atoms with Gasteiger partial charge in [0.25, 0.3) is 0 Å². The highest BCUT2D eigenvalue weighted by Crippen LogP contribution is 2.35. The molecule has 2 amide bonds. The fourth-order valence-corrected chi connectivity index (χ4v) is 6.45. The van der Waals surface area contributed by atoms with Crippen LogP contribution in [0.2, 0.25) is 0 Å². The van der Waals surface area contributed by atoms with Crippen LogP contribution in [-0.4, -0.2) is 61.7 Å². The van der Waals surface area contributed by atoms with Crippen molar-refractivity contribution in [3.05, 3.63) is 23.8 Å². The number of carbonyl (C=O) groups excluding carboxylic acids is 2. The fourth-order valence-electron chi connectivity index (χ4n) is 4.98. The Bertz CT molecular complexity index is 916. The molecule has 7 nitrogen and oxygen atoms in total. The molecule has 1 aromatic carbocycles. The zero-order valence-electron chi connectivity index (χ0n) is 17.1. The number of hydrogen-bond acceptors (Lipinski definition) is 4. The van der Waals surface area contributed by atoms with Gasteiger partial charge in [-0.25, -0.2) is 8.42 Å². The molecule has 2 aliphatic heterocycles. The second-order valence-electron chi connectivity index (χ2n) is 8.44. The third kappa shape index (κ3) is 3.68. The lowest BCUT2D eigenvalue weighted by Gasteiger charge is -2.35. The number of sulfonamides is 1. The summed E-state index contributed by atoms with van der Waals surface area (Å²) in [7, 11) is -3.62. The molecule has 1 saturated heterocycles. The molecule has 0 aromatic heterocycles. The zero-order chi connectivity index (χ0) is 20.8. The Labute approximate surface area is 172 Å². The summed E-state index contributed by atoms with van der Waals surface area (Å²) in [6, 6.07) is 5.08. The van der Waals surface area contributed by atoms with E-state index in [0.29, 0.717) is 32.6 Å². The van der Waals surface area contributed by atoms with Crippen molar-refractivity contribution in [2.45, 2.75) is 56.9 Å². The quantitative estimate of drug-likeness (QED) is 0.751. The minimum Gasteiger partial charge on any atom is -0.340 e. The Morgan fingerprint density at radius 1 is 1.03 bits per heavy atom. The maximum Gasteiger partial charge on any atom is 0.243 e. The predicted octanol–water partition coefficient (Wildman–Crippen LogP) is 2.01. The van der Waals surface area contributed by atoms with Crippen LogP contribution in [0.4, 0.5) is 5.69 Å². The summed E-state index contributed by atoms with van der Waals surface area (Å²) in [6.07, 6.45) is 4.80. The van der Waals surface area contributed by atoms with E-state index >= 15 is 0 Å². The van der Waals surface area contributed by atoms with Crippen LogP contribution in [0.3, 0.4) is 0 Å². The topological polar surface area (TPSA) is 78.0 Å². The van der Waals surface area contributed by atoms with E-state index < -0.39 is 10.0 Å². The van der Waals surface area contributed by atoms with Crippen molar-refractivity contribution < 1.29 is 18.0 Å². The van der Waals surface area contributed by atoms with Crippen molar-refractivity contribution in [2.75, 3.05) is 31.1 Å². The molecule has 1 aromatic rings. The van der Waals surface area contributed by atoms with Gasteiger partial charge in [0.2, 0.25) is 21.8 Å². The molecule has 2 heterocycles. The van der Waals surface area contributed by atoms with Crippen LogP contribution in [0.5, 0.6) is 0 Å². The highest BCUT2D eigenvalue weighted by atomic mass is 32.2. The molecule has 0 bridgehead atoms. The van der Waals surface area contributed by atoms with Gasteiger partial charge in [0.15, 0.2) is 0 Å². The first-order valence-corrected chi connectivity index (χ1v) is 11.9. The maximum absolute atomic E-state index is 13.2. The van der Waals surface area contributed by atoms with E-state index in [1.165, 1.54) is 11.2 Å². The molecule has 0 N–H and O–H groups in total. The van der Waals surface area contributed by atoms with E-state index in [2.05, 4.69) is 0 Å². The van der Waals surface area contributed by atoms with Gasteiger partial charge < -0.3 is 9.80 Å². The number of rotatable bonds is 3. The average molecular weight is 420 g/mol.